The molecule has 94 valence electrons. The van der Waals surface area contributed by atoms with Crippen LogP contribution >= 0.6 is 0 Å². The summed E-state index contributed by atoms with van der Waals surface area (Å²) in [6.45, 7) is 0. The van der Waals surface area contributed by atoms with Crippen LogP contribution in [0.2, 0.25) is 0 Å². The molecule has 0 aliphatic carbocycles. The molecule has 5 heteroatoms. The Bertz CT molecular complexity index is 539. The van der Waals surface area contributed by atoms with E-state index in [1.54, 1.807) is 6.07 Å². The van der Waals surface area contributed by atoms with Crippen molar-refractivity contribution in [2.75, 3.05) is 7.05 Å². The van der Waals surface area contributed by atoms with Crippen molar-refractivity contribution in [2.24, 2.45) is 0 Å². The summed E-state index contributed by atoms with van der Waals surface area (Å²) in [6.07, 6.45) is 1.34. The number of aliphatic carboxylic acids is 1. The van der Waals surface area contributed by atoms with E-state index < -0.39 is 17.7 Å². The van der Waals surface area contributed by atoms with Gasteiger partial charge in [0, 0.05) is 25.6 Å². The molecule has 18 heavy (non-hydrogen) atoms. The summed E-state index contributed by atoms with van der Waals surface area (Å²) < 4.78 is 13.2. The van der Waals surface area contributed by atoms with Crippen molar-refractivity contribution in [1.82, 2.24) is 4.90 Å². The Morgan fingerprint density at radius 3 is 2.83 bits per heavy atom. The summed E-state index contributed by atoms with van der Waals surface area (Å²) >= 11 is 0. The molecule has 0 spiro atoms. The molecule has 0 fully saturated rings. The maximum absolute atomic E-state index is 13.2. The van der Waals surface area contributed by atoms with Crippen LogP contribution in [0.1, 0.15) is 17.9 Å². The van der Waals surface area contributed by atoms with Crippen LogP contribution in [0.4, 0.5) is 4.39 Å². The van der Waals surface area contributed by atoms with Gasteiger partial charge in [-0.2, -0.15) is 0 Å². The minimum Gasteiger partial charge on any atom is -0.478 e. The van der Waals surface area contributed by atoms with Gasteiger partial charge in [0.1, 0.15) is 5.82 Å². The SMILES string of the molecule is CN1C=C(C(=O)O)[C@H](c2cccc(F)c2)CC1=O. The minimum absolute atomic E-state index is 0.0398. The lowest BCUT2D eigenvalue weighted by atomic mass is 9.86. The van der Waals surface area contributed by atoms with Gasteiger partial charge in [0.2, 0.25) is 5.91 Å². The van der Waals surface area contributed by atoms with Gasteiger partial charge in [-0.15, -0.1) is 0 Å². The third-order valence-corrected chi connectivity index (χ3v) is 2.98. The van der Waals surface area contributed by atoms with E-state index in [0.717, 1.165) is 0 Å². The van der Waals surface area contributed by atoms with Gasteiger partial charge in [-0.25, -0.2) is 9.18 Å². The minimum atomic E-state index is -1.09. The molecule has 0 bridgehead atoms. The number of nitrogens with zero attached hydrogens (tertiary/aromatic N) is 1. The Hall–Kier alpha value is -2.17. The fourth-order valence-corrected chi connectivity index (χ4v) is 2.02. The van der Waals surface area contributed by atoms with E-state index >= 15 is 0 Å². The molecule has 0 saturated carbocycles. The van der Waals surface area contributed by atoms with Crippen LogP contribution in [0, 0.1) is 5.82 Å². The highest BCUT2D eigenvalue weighted by molar-refractivity contribution is 5.93. The van der Waals surface area contributed by atoms with Crippen molar-refractivity contribution in [3.63, 3.8) is 0 Å². The Morgan fingerprint density at radius 2 is 2.22 bits per heavy atom. The maximum atomic E-state index is 13.2. The molecule has 1 N–H and O–H groups in total. The molecule has 0 aromatic heterocycles. The molecule has 1 aromatic carbocycles. The van der Waals surface area contributed by atoms with Crippen molar-refractivity contribution >= 4 is 11.9 Å². The van der Waals surface area contributed by atoms with Crippen LogP contribution in [0.15, 0.2) is 36.0 Å². The second-order valence-corrected chi connectivity index (χ2v) is 4.21. The molecule has 0 radical (unpaired) electrons. The van der Waals surface area contributed by atoms with Gasteiger partial charge in [-0.3, -0.25) is 4.79 Å². The van der Waals surface area contributed by atoms with Crippen LogP contribution in [-0.4, -0.2) is 28.9 Å². The highest BCUT2D eigenvalue weighted by Gasteiger charge is 2.31. The van der Waals surface area contributed by atoms with E-state index in [0.29, 0.717) is 5.56 Å². The second kappa shape index (κ2) is 4.60. The lowest BCUT2D eigenvalue weighted by Crippen LogP contribution is -2.31. The number of benzene rings is 1. The summed E-state index contributed by atoms with van der Waals surface area (Å²) in [5, 5.41) is 9.14. The predicted octanol–water partition coefficient (Wildman–Crippen LogP) is 1.74. The molecule has 1 aliphatic rings. The molecule has 0 saturated heterocycles. The number of halogens is 1. The zero-order valence-electron chi connectivity index (χ0n) is 9.76. The maximum Gasteiger partial charge on any atom is 0.333 e. The van der Waals surface area contributed by atoms with Crippen molar-refractivity contribution in [3.05, 3.63) is 47.4 Å². The Balaban J connectivity index is 2.45. The fraction of sp³-hybridized carbons (Fsp3) is 0.231. The Labute approximate surface area is 103 Å². The summed E-state index contributed by atoms with van der Waals surface area (Å²) in [6, 6.07) is 5.68. The first-order valence-electron chi connectivity index (χ1n) is 5.45. The molecule has 4 nitrogen and oxygen atoms in total. The van der Waals surface area contributed by atoms with E-state index in [4.69, 9.17) is 5.11 Å². The van der Waals surface area contributed by atoms with Gasteiger partial charge in [0.05, 0.1) is 5.57 Å². The number of hydrogen-bond acceptors (Lipinski definition) is 2. The van der Waals surface area contributed by atoms with Crippen molar-refractivity contribution in [3.8, 4) is 0 Å². The Kier molecular flexibility index (Phi) is 3.14. The van der Waals surface area contributed by atoms with E-state index in [9.17, 15) is 14.0 Å². The summed E-state index contributed by atoms with van der Waals surface area (Å²) in [5.74, 6) is -2.32. The largest absolute Gasteiger partial charge is 0.478 e. The highest BCUT2D eigenvalue weighted by atomic mass is 19.1. The van der Waals surface area contributed by atoms with Crippen molar-refractivity contribution in [2.45, 2.75) is 12.3 Å². The molecule has 1 atom stereocenters. The lowest BCUT2D eigenvalue weighted by molar-refractivity contribution is -0.134. The topological polar surface area (TPSA) is 57.6 Å². The molecule has 1 amide bonds. The Morgan fingerprint density at radius 1 is 1.50 bits per heavy atom. The smallest absolute Gasteiger partial charge is 0.333 e. The van der Waals surface area contributed by atoms with E-state index in [2.05, 4.69) is 0 Å². The summed E-state index contributed by atoms with van der Waals surface area (Å²) in [4.78, 5) is 24.1. The third-order valence-electron chi connectivity index (χ3n) is 2.98. The first kappa shape index (κ1) is 12.3. The monoisotopic (exact) mass is 249 g/mol. The fourth-order valence-electron chi connectivity index (χ4n) is 2.02. The number of carbonyl (C=O) groups excluding carboxylic acids is 1. The molecular weight excluding hydrogens is 237 g/mol. The van der Waals surface area contributed by atoms with Gasteiger partial charge in [0.15, 0.2) is 0 Å². The molecule has 1 aromatic rings. The van der Waals surface area contributed by atoms with Gasteiger partial charge in [-0.05, 0) is 17.7 Å². The first-order chi connectivity index (χ1) is 8.49. The van der Waals surface area contributed by atoms with Gasteiger partial charge < -0.3 is 10.0 Å². The van der Waals surface area contributed by atoms with Crippen LogP contribution < -0.4 is 0 Å². The third kappa shape index (κ3) is 2.25. The number of carboxylic acids is 1. The van der Waals surface area contributed by atoms with Crippen LogP contribution in [0.3, 0.4) is 0 Å². The van der Waals surface area contributed by atoms with Crippen molar-refractivity contribution in [1.29, 1.82) is 0 Å². The van der Waals surface area contributed by atoms with E-state index in [1.807, 2.05) is 0 Å². The molecule has 1 heterocycles. The van der Waals surface area contributed by atoms with Gasteiger partial charge in [-0.1, -0.05) is 12.1 Å². The molecular formula is C13H12FNO3. The molecule has 0 unspecified atom stereocenters. The van der Waals surface area contributed by atoms with E-state index in [-0.39, 0.29) is 17.9 Å². The zero-order valence-corrected chi connectivity index (χ0v) is 9.76. The van der Waals surface area contributed by atoms with Crippen LogP contribution in [0.25, 0.3) is 0 Å². The van der Waals surface area contributed by atoms with Crippen LogP contribution in [0.5, 0.6) is 0 Å². The number of carboxylic acid groups (broad SMARTS) is 1. The standard InChI is InChI=1S/C13H12FNO3/c1-15-7-11(13(17)18)10(6-12(15)16)8-3-2-4-9(14)5-8/h2-5,7,10H,6H2,1H3,(H,17,18)/t10-/m0/s1. The number of hydrogen-bond donors (Lipinski definition) is 1. The average Bonchev–Trinajstić information content (AvgIpc) is 2.31. The predicted molar refractivity (Wildman–Crippen MR) is 62.2 cm³/mol. The summed E-state index contributed by atoms with van der Waals surface area (Å²) in [7, 11) is 1.51. The molecule has 2 rings (SSSR count). The normalized spacial score (nSPS) is 19.7. The average molecular weight is 249 g/mol. The zero-order chi connectivity index (χ0) is 13.3. The quantitative estimate of drug-likeness (QED) is 0.868. The molecule has 1 aliphatic heterocycles. The number of amides is 1. The van der Waals surface area contributed by atoms with Crippen molar-refractivity contribution < 1.29 is 19.1 Å². The number of rotatable bonds is 2. The number of carbonyl (C=O) groups is 2. The highest BCUT2D eigenvalue weighted by Crippen LogP contribution is 2.32. The lowest BCUT2D eigenvalue weighted by Gasteiger charge is -2.26. The van der Waals surface area contributed by atoms with Gasteiger partial charge >= 0.3 is 5.97 Å². The first-order valence-corrected chi connectivity index (χ1v) is 5.45. The van der Waals surface area contributed by atoms with Gasteiger partial charge in [0.25, 0.3) is 0 Å². The second-order valence-electron chi connectivity index (χ2n) is 4.21. The van der Waals surface area contributed by atoms with E-state index in [1.165, 1.54) is 36.3 Å². The van der Waals surface area contributed by atoms with Crippen LogP contribution in [-0.2, 0) is 9.59 Å². The summed E-state index contributed by atoms with van der Waals surface area (Å²) in [5.41, 5.74) is 0.604.